The Balaban J connectivity index is 1.32. The van der Waals surface area contributed by atoms with Crippen molar-refractivity contribution in [2.24, 2.45) is 10.3 Å². The predicted octanol–water partition coefficient (Wildman–Crippen LogP) is 2.97. The molecular weight excluding hydrogens is 428 g/mol. The summed E-state index contributed by atoms with van der Waals surface area (Å²) in [7, 11) is -2.05. The average molecular weight is 457 g/mol. The maximum Gasteiger partial charge on any atom is 0.286 e. The maximum atomic E-state index is 12.8. The first-order valence-electron chi connectivity index (χ1n) is 10.7. The molecule has 0 saturated carbocycles. The lowest BCUT2D eigenvalue weighted by Gasteiger charge is -2.37. The van der Waals surface area contributed by atoms with Crippen LogP contribution < -0.4 is 15.0 Å². The Kier molecular flexibility index (Phi) is 6.36. The van der Waals surface area contributed by atoms with E-state index in [-0.39, 0.29) is 16.7 Å². The van der Waals surface area contributed by atoms with Gasteiger partial charge in [0.1, 0.15) is 16.5 Å². The van der Waals surface area contributed by atoms with Crippen molar-refractivity contribution in [3.63, 3.8) is 0 Å². The molecule has 2 aromatic rings. The standard InChI is InChI=1S/C23H28N4O4S/c1-17(15-22-24-18-7-3-6-10-21(18)32(29,30)25-22)16-23(28)27-13-11-26(12-14-27)19-8-4-5-9-20(19)31-2/h3-10,17H,11-16H2,1-2H3,(H,24,25)/t17-/m0/s1. The van der Waals surface area contributed by atoms with Crippen molar-refractivity contribution in [3.05, 3.63) is 48.5 Å². The third kappa shape index (κ3) is 4.72. The van der Waals surface area contributed by atoms with Gasteiger partial charge in [0, 0.05) is 39.0 Å². The van der Waals surface area contributed by atoms with E-state index in [0.29, 0.717) is 37.5 Å². The Hall–Kier alpha value is -3.07. The third-order valence-corrected chi connectivity index (χ3v) is 7.17. The highest BCUT2D eigenvalue weighted by molar-refractivity contribution is 7.90. The fourth-order valence-corrected chi connectivity index (χ4v) is 5.33. The molecule has 0 spiro atoms. The molecule has 0 unspecified atom stereocenters. The van der Waals surface area contributed by atoms with Gasteiger partial charge in [-0.25, -0.2) is 0 Å². The zero-order chi connectivity index (χ0) is 22.7. The summed E-state index contributed by atoms with van der Waals surface area (Å²) in [6, 6.07) is 14.6. The van der Waals surface area contributed by atoms with E-state index in [2.05, 4.69) is 14.6 Å². The fraction of sp³-hybridized carbons (Fsp3) is 0.391. The number of nitrogens with one attached hydrogen (secondary N) is 1. The van der Waals surface area contributed by atoms with Crippen molar-refractivity contribution in [1.29, 1.82) is 0 Å². The molecule has 4 rings (SSSR count). The normalized spacial score (nSPS) is 18.2. The van der Waals surface area contributed by atoms with Gasteiger partial charge in [-0.3, -0.25) is 4.79 Å². The van der Waals surface area contributed by atoms with Crippen LogP contribution in [-0.2, 0) is 14.8 Å². The molecule has 2 aliphatic heterocycles. The molecule has 1 saturated heterocycles. The van der Waals surface area contributed by atoms with Crippen LogP contribution in [0, 0.1) is 5.92 Å². The molecule has 0 aliphatic carbocycles. The van der Waals surface area contributed by atoms with Crippen LogP contribution in [0.2, 0.25) is 0 Å². The minimum atomic E-state index is -3.71. The van der Waals surface area contributed by atoms with Crippen molar-refractivity contribution < 1.29 is 17.9 Å². The topological polar surface area (TPSA) is 91.3 Å². The third-order valence-electron chi connectivity index (χ3n) is 5.80. The molecule has 8 nitrogen and oxygen atoms in total. The van der Waals surface area contributed by atoms with Crippen LogP contribution in [0.4, 0.5) is 11.4 Å². The van der Waals surface area contributed by atoms with Crippen molar-refractivity contribution in [1.82, 2.24) is 4.90 Å². The molecule has 32 heavy (non-hydrogen) atoms. The summed E-state index contributed by atoms with van der Waals surface area (Å²) < 4.78 is 34.2. The average Bonchev–Trinajstić information content (AvgIpc) is 2.78. The van der Waals surface area contributed by atoms with E-state index in [9.17, 15) is 13.2 Å². The number of methoxy groups -OCH3 is 1. The van der Waals surface area contributed by atoms with E-state index >= 15 is 0 Å². The Morgan fingerprint density at radius 1 is 1.09 bits per heavy atom. The number of anilines is 2. The number of para-hydroxylation sites is 3. The lowest BCUT2D eigenvalue weighted by atomic mass is 10.0. The van der Waals surface area contributed by atoms with Gasteiger partial charge in [0.2, 0.25) is 5.91 Å². The van der Waals surface area contributed by atoms with Gasteiger partial charge in [-0.15, -0.1) is 4.40 Å². The summed E-state index contributed by atoms with van der Waals surface area (Å²) in [5, 5.41) is 3.10. The number of nitrogens with zero attached hydrogens (tertiary/aromatic N) is 3. The number of sulfonamides is 1. The van der Waals surface area contributed by atoms with Gasteiger partial charge >= 0.3 is 0 Å². The number of piperazine rings is 1. The minimum Gasteiger partial charge on any atom is -0.495 e. The smallest absolute Gasteiger partial charge is 0.286 e. The first kappa shape index (κ1) is 22.1. The van der Waals surface area contributed by atoms with Crippen LogP contribution in [0.5, 0.6) is 5.75 Å². The number of ether oxygens (including phenoxy) is 1. The van der Waals surface area contributed by atoms with E-state index in [1.165, 1.54) is 6.07 Å². The molecular formula is C23H28N4O4S. The number of hydrogen-bond acceptors (Lipinski definition) is 6. The van der Waals surface area contributed by atoms with Gasteiger partial charge in [-0.05, 0) is 30.2 Å². The maximum absolute atomic E-state index is 12.8. The molecule has 0 radical (unpaired) electrons. The van der Waals surface area contributed by atoms with Gasteiger partial charge in [0.15, 0.2) is 0 Å². The lowest BCUT2D eigenvalue weighted by molar-refractivity contribution is -0.132. The Morgan fingerprint density at radius 3 is 2.53 bits per heavy atom. The Morgan fingerprint density at radius 2 is 1.78 bits per heavy atom. The number of carbonyl (C=O) groups excluding carboxylic acids is 1. The SMILES string of the molecule is COc1ccccc1N1CCN(C(=O)C[C@@H](C)CC2=NS(=O)(=O)c3ccccc3N2)CC1. The highest BCUT2D eigenvalue weighted by atomic mass is 32.2. The number of carbonyl (C=O) groups is 1. The summed E-state index contributed by atoms with van der Waals surface area (Å²) in [5.41, 5.74) is 1.57. The molecule has 2 heterocycles. The van der Waals surface area contributed by atoms with E-state index in [0.717, 1.165) is 24.5 Å². The number of fused-ring (bicyclic) bond motifs is 1. The first-order chi connectivity index (χ1) is 15.4. The number of amidine groups is 1. The van der Waals surface area contributed by atoms with Crippen molar-refractivity contribution in [2.75, 3.05) is 43.5 Å². The van der Waals surface area contributed by atoms with Gasteiger partial charge in [0.05, 0.1) is 18.5 Å². The van der Waals surface area contributed by atoms with Gasteiger partial charge in [-0.1, -0.05) is 31.2 Å². The van der Waals surface area contributed by atoms with E-state index in [4.69, 9.17) is 4.74 Å². The number of rotatable bonds is 6. The second-order valence-electron chi connectivity index (χ2n) is 8.19. The van der Waals surface area contributed by atoms with Crippen LogP contribution >= 0.6 is 0 Å². The van der Waals surface area contributed by atoms with E-state index in [1.807, 2.05) is 36.1 Å². The highest BCUT2D eigenvalue weighted by Crippen LogP contribution is 2.30. The summed E-state index contributed by atoms with van der Waals surface area (Å²) in [5.74, 6) is 1.25. The van der Waals surface area contributed by atoms with Crippen LogP contribution in [0.15, 0.2) is 57.8 Å². The molecule has 0 aromatic heterocycles. The largest absolute Gasteiger partial charge is 0.495 e. The van der Waals surface area contributed by atoms with Crippen LogP contribution in [-0.4, -0.2) is 58.3 Å². The molecule has 2 aromatic carbocycles. The fourth-order valence-electron chi connectivity index (χ4n) is 4.17. The summed E-state index contributed by atoms with van der Waals surface area (Å²) in [6.45, 7) is 4.71. The second-order valence-corrected chi connectivity index (χ2v) is 9.76. The highest BCUT2D eigenvalue weighted by Gasteiger charge is 2.27. The first-order valence-corrected chi connectivity index (χ1v) is 12.2. The van der Waals surface area contributed by atoms with Gasteiger partial charge in [-0.2, -0.15) is 8.42 Å². The Bertz CT molecular complexity index is 1120. The van der Waals surface area contributed by atoms with Crippen molar-refractivity contribution >= 4 is 33.1 Å². The molecule has 0 bridgehead atoms. The predicted molar refractivity (Wildman–Crippen MR) is 125 cm³/mol. The Labute approximate surface area is 188 Å². The molecule has 1 atom stereocenters. The van der Waals surface area contributed by atoms with Gasteiger partial charge in [0.25, 0.3) is 10.0 Å². The van der Waals surface area contributed by atoms with Gasteiger partial charge < -0.3 is 19.9 Å². The zero-order valence-electron chi connectivity index (χ0n) is 18.3. The summed E-state index contributed by atoms with van der Waals surface area (Å²) >= 11 is 0. The molecule has 1 fully saturated rings. The monoisotopic (exact) mass is 456 g/mol. The van der Waals surface area contributed by atoms with Crippen LogP contribution in [0.1, 0.15) is 19.8 Å². The second kappa shape index (κ2) is 9.20. The molecule has 1 N–H and O–H groups in total. The lowest BCUT2D eigenvalue weighted by Crippen LogP contribution is -2.49. The zero-order valence-corrected chi connectivity index (χ0v) is 19.1. The number of amides is 1. The number of benzene rings is 2. The molecule has 170 valence electrons. The summed E-state index contributed by atoms with van der Waals surface area (Å²) in [4.78, 5) is 17.1. The minimum absolute atomic E-state index is 0.0403. The van der Waals surface area contributed by atoms with E-state index in [1.54, 1.807) is 25.3 Å². The van der Waals surface area contributed by atoms with Crippen LogP contribution in [0.3, 0.4) is 0 Å². The van der Waals surface area contributed by atoms with E-state index < -0.39 is 10.0 Å². The summed E-state index contributed by atoms with van der Waals surface area (Å²) in [6.07, 6.45) is 0.734. The quantitative estimate of drug-likeness (QED) is 0.719. The molecule has 1 amide bonds. The number of hydrogen-bond donors (Lipinski definition) is 1. The molecule has 9 heteroatoms. The van der Waals surface area contributed by atoms with Crippen molar-refractivity contribution in [3.8, 4) is 5.75 Å². The van der Waals surface area contributed by atoms with Crippen LogP contribution in [0.25, 0.3) is 0 Å². The molecule has 2 aliphatic rings. The van der Waals surface area contributed by atoms with Crippen molar-refractivity contribution in [2.45, 2.75) is 24.7 Å².